The maximum absolute atomic E-state index is 12.3. The van der Waals surface area contributed by atoms with Gasteiger partial charge in [-0.2, -0.15) is 0 Å². The van der Waals surface area contributed by atoms with E-state index in [-0.39, 0.29) is 11.3 Å². The van der Waals surface area contributed by atoms with Crippen molar-refractivity contribution < 1.29 is 13.2 Å². The van der Waals surface area contributed by atoms with Crippen molar-refractivity contribution in [1.82, 2.24) is 4.31 Å². The molecule has 94 valence electrons. The molecule has 0 atom stereocenters. The topological polar surface area (TPSA) is 54.5 Å². The summed E-state index contributed by atoms with van der Waals surface area (Å²) in [6, 6.07) is 6.42. The normalized spacial score (nSPS) is 15.8. The number of hydrogen-bond acceptors (Lipinski definition) is 3. The highest BCUT2D eigenvalue weighted by atomic mass is 32.2. The van der Waals surface area contributed by atoms with Gasteiger partial charge in [0.1, 0.15) is 0 Å². The van der Waals surface area contributed by atoms with Crippen LogP contribution in [0.15, 0.2) is 53.6 Å². The molecule has 0 unspecified atom stereocenters. The van der Waals surface area contributed by atoms with E-state index in [0.29, 0.717) is 0 Å². The average Bonchev–Trinajstić information content (AvgIpc) is 2.55. The second kappa shape index (κ2) is 4.78. The number of rotatable bonds is 2. The van der Waals surface area contributed by atoms with Crippen LogP contribution in [0.25, 0.3) is 0 Å². The fraction of sp³-hybridized carbons (Fsp3) is 0.154. The largest absolute Gasteiger partial charge is 0.273 e. The maximum Gasteiger partial charge on any atom is 0.270 e. The zero-order valence-corrected chi connectivity index (χ0v) is 10.7. The monoisotopic (exact) mass is 263 g/mol. The van der Waals surface area contributed by atoms with Gasteiger partial charge in [-0.25, -0.2) is 12.7 Å². The van der Waals surface area contributed by atoms with E-state index < -0.39 is 15.9 Å². The van der Waals surface area contributed by atoms with E-state index in [9.17, 15) is 13.2 Å². The Bertz CT molecular complexity index is 612. The van der Waals surface area contributed by atoms with Gasteiger partial charge in [-0.3, -0.25) is 4.79 Å². The average molecular weight is 263 g/mol. The molecule has 1 heterocycles. The lowest BCUT2D eigenvalue weighted by molar-refractivity contribution is -0.123. The predicted molar refractivity (Wildman–Crippen MR) is 68.1 cm³/mol. The number of benzene rings is 1. The predicted octanol–water partition coefficient (Wildman–Crippen LogP) is 1.99. The van der Waals surface area contributed by atoms with Crippen molar-refractivity contribution in [2.75, 3.05) is 0 Å². The molecule has 0 radical (unpaired) electrons. The number of carbonyl (C=O) groups is 1. The van der Waals surface area contributed by atoms with E-state index >= 15 is 0 Å². The van der Waals surface area contributed by atoms with Gasteiger partial charge in [0.15, 0.2) is 0 Å². The number of aryl methyl sites for hydroxylation is 1. The van der Waals surface area contributed by atoms with Crippen LogP contribution in [0.4, 0.5) is 0 Å². The first kappa shape index (κ1) is 12.6. The van der Waals surface area contributed by atoms with E-state index in [1.807, 2.05) is 6.92 Å². The zero-order chi connectivity index (χ0) is 13.2. The molecule has 0 saturated heterocycles. The van der Waals surface area contributed by atoms with Crippen LogP contribution in [0.1, 0.15) is 12.0 Å². The molecule has 0 aliphatic carbocycles. The van der Waals surface area contributed by atoms with Crippen LogP contribution in [0.2, 0.25) is 0 Å². The van der Waals surface area contributed by atoms with Crippen LogP contribution in [0, 0.1) is 6.92 Å². The minimum absolute atomic E-state index is 0.0814. The highest BCUT2D eigenvalue weighted by Crippen LogP contribution is 2.19. The van der Waals surface area contributed by atoms with E-state index in [1.54, 1.807) is 24.3 Å². The van der Waals surface area contributed by atoms with Crippen LogP contribution in [-0.2, 0) is 14.8 Å². The van der Waals surface area contributed by atoms with Gasteiger partial charge in [0.2, 0.25) is 5.91 Å². The van der Waals surface area contributed by atoms with E-state index in [0.717, 1.165) is 9.87 Å². The molecule has 0 fully saturated rings. The summed E-state index contributed by atoms with van der Waals surface area (Å²) in [5.74, 6) is -0.458. The third-order valence-electron chi connectivity index (χ3n) is 2.58. The van der Waals surface area contributed by atoms with Crippen molar-refractivity contribution in [2.24, 2.45) is 0 Å². The molecule has 5 heteroatoms. The van der Waals surface area contributed by atoms with Crippen molar-refractivity contribution in [2.45, 2.75) is 18.2 Å². The Balaban J connectivity index is 2.42. The molecule has 2 rings (SSSR count). The molecule has 1 aliphatic rings. The molecule has 0 N–H and O–H groups in total. The van der Waals surface area contributed by atoms with E-state index in [1.165, 1.54) is 24.4 Å². The first-order chi connectivity index (χ1) is 8.51. The summed E-state index contributed by atoms with van der Waals surface area (Å²) in [5.41, 5.74) is 0.966. The van der Waals surface area contributed by atoms with Crippen molar-refractivity contribution in [3.63, 3.8) is 0 Å². The lowest BCUT2D eigenvalue weighted by Gasteiger charge is -2.17. The summed E-state index contributed by atoms with van der Waals surface area (Å²) >= 11 is 0. The van der Waals surface area contributed by atoms with Crippen molar-refractivity contribution >= 4 is 15.9 Å². The van der Waals surface area contributed by atoms with Crippen molar-refractivity contribution in [1.29, 1.82) is 0 Å². The van der Waals surface area contributed by atoms with E-state index in [4.69, 9.17) is 0 Å². The highest BCUT2D eigenvalue weighted by Gasteiger charge is 2.26. The molecular formula is C13H13NO3S. The first-order valence-corrected chi connectivity index (χ1v) is 6.93. The van der Waals surface area contributed by atoms with Gasteiger partial charge in [-0.1, -0.05) is 29.8 Å². The van der Waals surface area contributed by atoms with Gasteiger partial charge in [-0.15, -0.1) is 0 Å². The summed E-state index contributed by atoms with van der Waals surface area (Å²) in [4.78, 5) is 11.9. The lowest BCUT2D eigenvalue weighted by atomic mass is 10.2. The number of carbonyl (C=O) groups excluding carboxylic acids is 1. The fourth-order valence-electron chi connectivity index (χ4n) is 1.59. The lowest BCUT2D eigenvalue weighted by Crippen LogP contribution is -2.31. The summed E-state index contributed by atoms with van der Waals surface area (Å²) in [7, 11) is -3.79. The minimum atomic E-state index is -3.79. The standard InChI is InChI=1S/C13H13NO3S/c1-11-6-8-12(9-7-11)18(16,17)14-10-4-2-3-5-13(14)15/h2-4,6-10H,5H2,1H3. The Hall–Kier alpha value is -1.88. The van der Waals surface area contributed by atoms with Gasteiger partial charge >= 0.3 is 0 Å². The molecule has 1 amide bonds. The van der Waals surface area contributed by atoms with Crippen LogP contribution in [0.5, 0.6) is 0 Å². The number of nitrogens with zero attached hydrogens (tertiary/aromatic N) is 1. The van der Waals surface area contributed by atoms with Crippen LogP contribution in [0.3, 0.4) is 0 Å². The molecule has 4 nitrogen and oxygen atoms in total. The Morgan fingerprint density at radius 2 is 1.78 bits per heavy atom. The highest BCUT2D eigenvalue weighted by molar-refractivity contribution is 7.89. The second-order valence-corrected chi connectivity index (χ2v) is 5.80. The Morgan fingerprint density at radius 1 is 1.11 bits per heavy atom. The third kappa shape index (κ3) is 2.36. The minimum Gasteiger partial charge on any atom is -0.273 e. The molecule has 0 bridgehead atoms. The zero-order valence-electron chi connectivity index (χ0n) is 9.91. The molecule has 0 saturated carbocycles. The number of allylic oxidation sites excluding steroid dienone is 2. The number of sulfonamides is 1. The summed E-state index contributed by atoms with van der Waals surface area (Å²) in [6.45, 7) is 1.87. The van der Waals surface area contributed by atoms with Gasteiger partial charge < -0.3 is 0 Å². The Labute approximate surface area is 106 Å². The smallest absolute Gasteiger partial charge is 0.270 e. The quantitative estimate of drug-likeness (QED) is 0.820. The number of amides is 1. The second-order valence-electron chi connectivity index (χ2n) is 3.98. The van der Waals surface area contributed by atoms with E-state index in [2.05, 4.69) is 0 Å². The molecule has 0 aromatic heterocycles. The first-order valence-electron chi connectivity index (χ1n) is 5.49. The molecule has 1 aromatic carbocycles. The van der Waals surface area contributed by atoms with Crippen LogP contribution in [-0.4, -0.2) is 18.6 Å². The Morgan fingerprint density at radius 3 is 2.44 bits per heavy atom. The maximum atomic E-state index is 12.3. The Kier molecular flexibility index (Phi) is 3.34. The summed E-state index contributed by atoms with van der Waals surface area (Å²) in [6.07, 6.45) is 6.18. The summed E-state index contributed by atoms with van der Waals surface area (Å²) < 4.78 is 25.4. The van der Waals surface area contributed by atoms with Gasteiger partial charge in [-0.05, 0) is 25.1 Å². The molecule has 0 spiro atoms. The molecule has 1 aliphatic heterocycles. The molecule has 1 aromatic rings. The van der Waals surface area contributed by atoms with Crippen molar-refractivity contribution in [3.8, 4) is 0 Å². The summed E-state index contributed by atoms with van der Waals surface area (Å²) in [5, 5.41) is 0. The van der Waals surface area contributed by atoms with Crippen LogP contribution < -0.4 is 0 Å². The molecule has 18 heavy (non-hydrogen) atoms. The van der Waals surface area contributed by atoms with Gasteiger partial charge in [0.05, 0.1) is 4.90 Å². The third-order valence-corrected chi connectivity index (χ3v) is 4.30. The van der Waals surface area contributed by atoms with Gasteiger partial charge in [0, 0.05) is 12.6 Å². The molecular weight excluding hydrogens is 250 g/mol. The van der Waals surface area contributed by atoms with Crippen LogP contribution >= 0.6 is 0 Å². The van der Waals surface area contributed by atoms with Gasteiger partial charge in [0.25, 0.3) is 10.0 Å². The fourth-order valence-corrected chi connectivity index (χ4v) is 2.87. The SMILES string of the molecule is Cc1ccc(S(=O)(=O)N2C=CC=CCC2=O)cc1. The number of hydrogen-bond donors (Lipinski definition) is 0. The van der Waals surface area contributed by atoms with Crippen molar-refractivity contribution in [3.05, 3.63) is 54.3 Å².